The summed E-state index contributed by atoms with van der Waals surface area (Å²) in [5.41, 5.74) is 5.44. The Morgan fingerprint density at radius 1 is 1.05 bits per heavy atom. The number of alkyl halides is 3. The van der Waals surface area contributed by atoms with Gasteiger partial charge >= 0.3 is 6.18 Å². The van der Waals surface area contributed by atoms with Crippen LogP contribution >= 0.6 is 0 Å². The zero-order valence-corrected chi connectivity index (χ0v) is 11.2. The summed E-state index contributed by atoms with van der Waals surface area (Å²) in [4.78, 5) is 0. The zero-order valence-electron chi connectivity index (χ0n) is 11.2. The molecule has 0 aliphatic rings. The molecule has 5 nitrogen and oxygen atoms in total. The van der Waals surface area contributed by atoms with Crippen LogP contribution in [0.5, 0.6) is 17.2 Å². The highest BCUT2D eigenvalue weighted by Gasteiger charge is 2.43. The lowest BCUT2D eigenvalue weighted by Crippen LogP contribution is -2.39. The summed E-state index contributed by atoms with van der Waals surface area (Å²) in [7, 11) is 3.95. The van der Waals surface area contributed by atoms with E-state index in [1.807, 2.05) is 0 Å². The third kappa shape index (κ3) is 3.07. The number of ether oxygens (including phenoxy) is 3. The van der Waals surface area contributed by atoms with Crippen LogP contribution in [0, 0.1) is 0 Å². The summed E-state index contributed by atoms with van der Waals surface area (Å²) >= 11 is 0. The van der Waals surface area contributed by atoms with Gasteiger partial charge in [-0.3, -0.25) is 0 Å². The molecule has 1 aromatic rings. The molecule has 0 bridgehead atoms. The maximum Gasteiger partial charge on any atom is 0.416 e. The molecule has 0 aliphatic carbocycles. The number of aliphatic hydroxyl groups is 1. The summed E-state index contributed by atoms with van der Waals surface area (Å²) in [5, 5.41) is 9.24. The van der Waals surface area contributed by atoms with E-state index in [0.29, 0.717) is 0 Å². The average Bonchev–Trinajstić information content (AvgIpc) is 2.42. The molecule has 114 valence electrons. The van der Waals surface area contributed by atoms with Crippen molar-refractivity contribution in [1.29, 1.82) is 0 Å². The minimum atomic E-state index is -4.84. The summed E-state index contributed by atoms with van der Waals surface area (Å²) in [6.07, 6.45) is -7.55. The van der Waals surface area contributed by atoms with Crippen molar-refractivity contribution in [2.24, 2.45) is 5.73 Å². The number of halogens is 3. The Kier molecular flexibility index (Phi) is 5.07. The Morgan fingerprint density at radius 2 is 1.60 bits per heavy atom. The maximum absolute atomic E-state index is 12.5. The molecule has 0 saturated heterocycles. The van der Waals surface area contributed by atoms with Crippen molar-refractivity contribution in [3.8, 4) is 17.2 Å². The van der Waals surface area contributed by atoms with E-state index in [1.54, 1.807) is 0 Å². The van der Waals surface area contributed by atoms with E-state index in [1.165, 1.54) is 33.5 Å². The van der Waals surface area contributed by atoms with Gasteiger partial charge in [0, 0.05) is 5.56 Å². The van der Waals surface area contributed by atoms with Gasteiger partial charge in [-0.25, -0.2) is 0 Å². The Bertz CT molecular complexity index is 465. The lowest BCUT2D eigenvalue weighted by atomic mass is 10.00. The van der Waals surface area contributed by atoms with Crippen LogP contribution in [0.25, 0.3) is 0 Å². The predicted octanol–water partition coefficient (Wildman–Crippen LogP) is 1.64. The smallest absolute Gasteiger partial charge is 0.416 e. The molecule has 2 atom stereocenters. The maximum atomic E-state index is 12.5. The number of aliphatic hydroxyl groups excluding tert-OH is 1. The lowest BCUT2D eigenvalue weighted by Gasteiger charge is -2.24. The molecule has 0 spiro atoms. The first kappa shape index (κ1) is 16.4. The van der Waals surface area contributed by atoms with Crippen LogP contribution in [0.2, 0.25) is 0 Å². The van der Waals surface area contributed by atoms with Gasteiger partial charge in [0.2, 0.25) is 5.75 Å². The third-order valence-electron chi connectivity index (χ3n) is 2.77. The van der Waals surface area contributed by atoms with E-state index in [4.69, 9.17) is 19.9 Å². The van der Waals surface area contributed by atoms with E-state index in [9.17, 15) is 18.3 Å². The highest BCUT2D eigenvalue weighted by Crippen LogP contribution is 2.43. The number of benzene rings is 1. The van der Waals surface area contributed by atoms with Crippen molar-refractivity contribution in [1.82, 2.24) is 0 Å². The Hall–Kier alpha value is -1.67. The highest BCUT2D eigenvalue weighted by molar-refractivity contribution is 5.56. The first-order valence-corrected chi connectivity index (χ1v) is 5.57. The molecular weight excluding hydrogens is 279 g/mol. The van der Waals surface area contributed by atoms with Crippen LogP contribution in [-0.4, -0.2) is 38.7 Å². The Labute approximate surface area is 114 Å². The first-order valence-electron chi connectivity index (χ1n) is 5.57. The zero-order chi connectivity index (χ0) is 15.5. The van der Waals surface area contributed by atoms with E-state index < -0.39 is 18.3 Å². The summed E-state index contributed by atoms with van der Waals surface area (Å²) in [6.45, 7) is 0. The quantitative estimate of drug-likeness (QED) is 0.864. The number of nitrogens with two attached hydrogens (primary N) is 1. The normalized spacial score (nSPS) is 14.6. The monoisotopic (exact) mass is 295 g/mol. The molecule has 0 heterocycles. The molecule has 1 rings (SSSR count). The van der Waals surface area contributed by atoms with Gasteiger partial charge in [-0.2, -0.15) is 13.2 Å². The van der Waals surface area contributed by atoms with E-state index >= 15 is 0 Å². The first-order chi connectivity index (χ1) is 9.27. The molecule has 3 N–H and O–H groups in total. The fourth-order valence-electron chi connectivity index (χ4n) is 1.76. The van der Waals surface area contributed by atoms with Crippen LogP contribution in [0.1, 0.15) is 11.6 Å². The second kappa shape index (κ2) is 6.19. The Morgan fingerprint density at radius 3 is 2.00 bits per heavy atom. The minimum Gasteiger partial charge on any atom is -0.493 e. The van der Waals surface area contributed by atoms with E-state index in [0.717, 1.165) is 0 Å². The molecular formula is C12H16F3NO4. The van der Waals surface area contributed by atoms with Crippen molar-refractivity contribution in [3.63, 3.8) is 0 Å². The van der Waals surface area contributed by atoms with Crippen molar-refractivity contribution in [2.45, 2.75) is 18.3 Å². The number of hydrogen-bond acceptors (Lipinski definition) is 5. The molecule has 0 aliphatic heterocycles. The van der Waals surface area contributed by atoms with Crippen molar-refractivity contribution in [2.75, 3.05) is 21.3 Å². The molecule has 8 heteroatoms. The second-order valence-electron chi connectivity index (χ2n) is 3.94. The largest absolute Gasteiger partial charge is 0.493 e. The van der Waals surface area contributed by atoms with Gasteiger partial charge in [0.05, 0.1) is 27.4 Å². The van der Waals surface area contributed by atoms with Gasteiger partial charge in [0.1, 0.15) is 0 Å². The topological polar surface area (TPSA) is 73.9 Å². The SMILES string of the molecule is COc1ccc([C@H](N)[C@H](O)C(F)(F)F)c(OC)c1OC. The van der Waals surface area contributed by atoms with E-state index in [2.05, 4.69) is 0 Å². The van der Waals surface area contributed by atoms with Crippen molar-refractivity contribution < 1.29 is 32.5 Å². The molecule has 0 fully saturated rings. The molecule has 0 aromatic heterocycles. The van der Waals surface area contributed by atoms with Gasteiger partial charge in [-0.15, -0.1) is 0 Å². The van der Waals surface area contributed by atoms with Gasteiger partial charge < -0.3 is 25.1 Å². The van der Waals surface area contributed by atoms with Gasteiger partial charge in [-0.1, -0.05) is 0 Å². The number of hydrogen-bond donors (Lipinski definition) is 2. The molecule has 0 radical (unpaired) electrons. The molecule has 0 unspecified atom stereocenters. The Balaban J connectivity index is 3.31. The fourth-order valence-corrected chi connectivity index (χ4v) is 1.76. The fraction of sp³-hybridized carbons (Fsp3) is 0.500. The molecule has 20 heavy (non-hydrogen) atoms. The lowest BCUT2D eigenvalue weighted by molar-refractivity contribution is -0.210. The molecule has 1 aromatic carbocycles. The van der Waals surface area contributed by atoms with Crippen LogP contribution in [0.4, 0.5) is 13.2 Å². The van der Waals surface area contributed by atoms with E-state index in [-0.39, 0.29) is 22.8 Å². The van der Waals surface area contributed by atoms with Crippen molar-refractivity contribution >= 4 is 0 Å². The summed E-state index contributed by atoms with van der Waals surface area (Å²) < 4.78 is 52.7. The summed E-state index contributed by atoms with van der Waals surface area (Å²) in [6, 6.07) is 0.976. The van der Waals surface area contributed by atoms with Gasteiger partial charge in [0.25, 0.3) is 0 Å². The second-order valence-corrected chi connectivity index (χ2v) is 3.94. The third-order valence-corrected chi connectivity index (χ3v) is 2.77. The molecule has 0 saturated carbocycles. The summed E-state index contributed by atoms with van der Waals surface area (Å²) in [5.74, 6) is 0.377. The van der Waals surface area contributed by atoms with Crippen molar-refractivity contribution in [3.05, 3.63) is 17.7 Å². The van der Waals surface area contributed by atoms with Gasteiger partial charge in [0.15, 0.2) is 17.6 Å². The van der Waals surface area contributed by atoms with Crippen LogP contribution in [-0.2, 0) is 0 Å². The van der Waals surface area contributed by atoms with Crippen LogP contribution < -0.4 is 19.9 Å². The number of methoxy groups -OCH3 is 3. The minimum absolute atomic E-state index is 0.0114. The highest BCUT2D eigenvalue weighted by atomic mass is 19.4. The average molecular weight is 295 g/mol. The standard InChI is InChI=1S/C12H16F3NO4/c1-18-7-5-4-6(9(19-2)10(7)20-3)8(16)11(17)12(13,14)15/h4-5,8,11,17H,16H2,1-3H3/t8-,11-/m0/s1. The molecule has 0 amide bonds. The van der Waals surface area contributed by atoms with Gasteiger partial charge in [-0.05, 0) is 12.1 Å². The van der Waals surface area contributed by atoms with Crippen LogP contribution in [0.3, 0.4) is 0 Å². The van der Waals surface area contributed by atoms with Crippen LogP contribution in [0.15, 0.2) is 12.1 Å². The number of rotatable bonds is 5. The predicted molar refractivity (Wildman–Crippen MR) is 65.1 cm³/mol.